The molecule has 0 aliphatic rings. The van der Waals surface area contributed by atoms with Gasteiger partial charge in [-0.2, -0.15) is 4.98 Å². The van der Waals surface area contributed by atoms with Gasteiger partial charge >= 0.3 is 0 Å². The third kappa shape index (κ3) is 2.82. The van der Waals surface area contributed by atoms with Crippen molar-refractivity contribution in [3.63, 3.8) is 0 Å². The van der Waals surface area contributed by atoms with Crippen molar-refractivity contribution >= 4 is 11.4 Å². The molecule has 1 aromatic heterocycles. The number of non-ortho nitro benzene ring substituents is 1. The van der Waals surface area contributed by atoms with Crippen molar-refractivity contribution < 1.29 is 9.45 Å². The van der Waals surface area contributed by atoms with Crippen LogP contribution in [-0.2, 0) is 6.54 Å². The summed E-state index contributed by atoms with van der Waals surface area (Å²) in [7, 11) is 0. The van der Waals surface area contributed by atoms with Gasteiger partial charge in [-0.25, -0.2) is 0 Å². The Morgan fingerprint density at radius 1 is 1.39 bits per heavy atom. The fourth-order valence-electron chi connectivity index (χ4n) is 1.56. The van der Waals surface area contributed by atoms with Crippen molar-refractivity contribution in [3.8, 4) is 0 Å². The monoisotopic (exact) mass is 248 g/mol. The lowest BCUT2D eigenvalue weighted by Crippen LogP contribution is -2.01. The quantitative estimate of drug-likeness (QED) is 0.658. The third-order valence-corrected chi connectivity index (χ3v) is 2.29. The van der Waals surface area contributed by atoms with Crippen LogP contribution in [0.15, 0.2) is 22.7 Å². The second-order valence-electron chi connectivity index (χ2n) is 3.90. The molecular weight excluding hydrogens is 236 g/mol. The molecule has 0 aliphatic carbocycles. The predicted molar refractivity (Wildman–Crippen MR) is 64.2 cm³/mol. The predicted octanol–water partition coefficient (Wildman–Crippen LogP) is 2.21. The number of hydrogen-bond acceptors (Lipinski definition) is 6. The second-order valence-corrected chi connectivity index (χ2v) is 3.90. The molecule has 94 valence electrons. The first kappa shape index (κ1) is 12.0. The molecule has 18 heavy (non-hydrogen) atoms. The summed E-state index contributed by atoms with van der Waals surface area (Å²) in [6.07, 6.45) is 0. The van der Waals surface area contributed by atoms with E-state index in [1.54, 1.807) is 13.8 Å². The minimum absolute atomic E-state index is 0.0548. The molecule has 1 aromatic carbocycles. The number of nitrogens with zero attached hydrogens (tertiary/aromatic N) is 3. The van der Waals surface area contributed by atoms with E-state index in [4.69, 9.17) is 4.52 Å². The van der Waals surface area contributed by atoms with Gasteiger partial charge < -0.3 is 9.84 Å². The first-order valence-electron chi connectivity index (χ1n) is 5.34. The largest absolute Gasteiger partial charge is 0.376 e. The Morgan fingerprint density at radius 3 is 2.78 bits per heavy atom. The van der Waals surface area contributed by atoms with E-state index < -0.39 is 4.92 Å². The van der Waals surface area contributed by atoms with Gasteiger partial charge in [0, 0.05) is 17.8 Å². The van der Waals surface area contributed by atoms with Crippen LogP contribution in [0, 0.1) is 24.0 Å². The van der Waals surface area contributed by atoms with E-state index in [9.17, 15) is 10.1 Å². The van der Waals surface area contributed by atoms with Crippen LogP contribution < -0.4 is 5.32 Å². The number of nitro benzene ring substituents is 1. The van der Waals surface area contributed by atoms with Crippen LogP contribution in [0.3, 0.4) is 0 Å². The summed E-state index contributed by atoms with van der Waals surface area (Å²) in [6, 6.07) is 4.80. The van der Waals surface area contributed by atoms with E-state index in [0.29, 0.717) is 23.9 Å². The fourth-order valence-corrected chi connectivity index (χ4v) is 1.56. The average molecular weight is 248 g/mol. The Morgan fingerprint density at radius 2 is 2.17 bits per heavy atom. The molecule has 0 spiro atoms. The summed E-state index contributed by atoms with van der Waals surface area (Å²) >= 11 is 0. The molecule has 0 fully saturated rings. The molecule has 1 N–H and O–H groups in total. The Hall–Kier alpha value is -2.44. The van der Waals surface area contributed by atoms with Gasteiger partial charge in [0.1, 0.15) is 0 Å². The van der Waals surface area contributed by atoms with Gasteiger partial charge in [-0.3, -0.25) is 10.1 Å². The number of nitro groups is 1. The molecule has 0 unspecified atom stereocenters. The molecular formula is C11H12N4O3. The van der Waals surface area contributed by atoms with Gasteiger partial charge in [0.25, 0.3) is 5.69 Å². The van der Waals surface area contributed by atoms with E-state index in [0.717, 1.165) is 5.56 Å². The zero-order chi connectivity index (χ0) is 13.1. The summed E-state index contributed by atoms with van der Waals surface area (Å²) in [5.41, 5.74) is 1.52. The summed E-state index contributed by atoms with van der Waals surface area (Å²) in [4.78, 5) is 14.3. The maximum Gasteiger partial charge on any atom is 0.271 e. The van der Waals surface area contributed by atoms with Crippen LogP contribution in [-0.4, -0.2) is 15.1 Å². The van der Waals surface area contributed by atoms with Crippen LogP contribution in [0.1, 0.15) is 17.3 Å². The van der Waals surface area contributed by atoms with E-state index in [1.807, 2.05) is 6.07 Å². The van der Waals surface area contributed by atoms with Crippen LogP contribution in [0.2, 0.25) is 0 Å². The number of benzene rings is 1. The summed E-state index contributed by atoms with van der Waals surface area (Å²) in [6.45, 7) is 3.86. The first-order valence-corrected chi connectivity index (χ1v) is 5.34. The summed E-state index contributed by atoms with van der Waals surface area (Å²) < 4.78 is 4.94. The zero-order valence-corrected chi connectivity index (χ0v) is 10.0. The summed E-state index contributed by atoms with van der Waals surface area (Å²) in [5, 5.41) is 17.4. The highest BCUT2D eigenvalue weighted by Gasteiger charge is 2.09. The highest BCUT2D eigenvalue weighted by molar-refractivity contribution is 5.53. The molecule has 0 amide bonds. The smallest absolute Gasteiger partial charge is 0.271 e. The van der Waals surface area contributed by atoms with E-state index >= 15 is 0 Å². The van der Waals surface area contributed by atoms with Gasteiger partial charge in [-0.1, -0.05) is 5.16 Å². The highest BCUT2D eigenvalue weighted by Crippen LogP contribution is 2.20. The standard InChI is InChI=1S/C11H12N4O3/c1-7-3-9(5-10(4-7)15(16)17)12-6-11-13-8(2)14-18-11/h3-5,12H,6H2,1-2H3. The lowest BCUT2D eigenvalue weighted by Gasteiger charge is -2.04. The number of aryl methyl sites for hydroxylation is 2. The maximum atomic E-state index is 10.7. The van der Waals surface area contributed by atoms with Crippen LogP contribution >= 0.6 is 0 Å². The Labute approximate surface area is 103 Å². The van der Waals surface area contributed by atoms with Crippen molar-refractivity contribution in [1.29, 1.82) is 0 Å². The van der Waals surface area contributed by atoms with Crippen molar-refractivity contribution in [2.24, 2.45) is 0 Å². The Balaban J connectivity index is 2.11. The van der Waals surface area contributed by atoms with Gasteiger partial charge in [0.05, 0.1) is 11.5 Å². The Kier molecular flexibility index (Phi) is 3.22. The van der Waals surface area contributed by atoms with Crippen LogP contribution in [0.25, 0.3) is 0 Å². The van der Waals surface area contributed by atoms with Crippen molar-refractivity contribution in [2.45, 2.75) is 20.4 Å². The molecule has 0 saturated heterocycles. The molecule has 1 heterocycles. The molecule has 0 atom stereocenters. The highest BCUT2D eigenvalue weighted by atomic mass is 16.6. The van der Waals surface area contributed by atoms with Gasteiger partial charge in [0.2, 0.25) is 5.89 Å². The zero-order valence-electron chi connectivity index (χ0n) is 10.0. The second kappa shape index (κ2) is 4.82. The molecule has 7 nitrogen and oxygen atoms in total. The third-order valence-electron chi connectivity index (χ3n) is 2.29. The minimum atomic E-state index is -0.422. The number of anilines is 1. The van der Waals surface area contributed by atoms with Crippen molar-refractivity contribution in [1.82, 2.24) is 10.1 Å². The number of aromatic nitrogens is 2. The SMILES string of the molecule is Cc1cc(NCc2nc(C)no2)cc([N+](=O)[O-])c1. The average Bonchev–Trinajstić information content (AvgIpc) is 2.72. The van der Waals surface area contributed by atoms with Gasteiger partial charge in [-0.15, -0.1) is 0 Å². The Bertz CT molecular complexity index is 579. The molecule has 7 heteroatoms. The molecule has 0 bridgehead atoms. The molecule has 2 rings (SSSR count). The molecule has 0 aliphatic heterocycles. The van der Waals surface area contributed by atoms with Crippen molar-refractivity contribution in [2.75, 3.05) is 5.32 Å². The maximum absolute atomic E-state index is 10.7. The number of rotatable bonds is 4. The number of hydrogen-bond donors (Lipinski definition) is 1. The lowest BCUT2D eigenvalue weighted by atomic mass is 10.2. The normalized spacial score (nSPS) is 10.3. The van der Waals surface area contributed by atoms with Crippen LogP contribution in [0.4, 0.5) is 11.4 Å². The van der Waals surface area contributed by atoms with Crippen LogP contribution in [0.5, 0.6) is 0 Å². The number of nitrogens with one attached hydrogen (secondary N) is 1. The first-order chi connectivity index (χ1) is 8.54. The molecule has 0 saturated carbocycles. The van der Waals surface area contributed by atoms with E-state index in [2.05, 4.69) is 15.5 Å². The van der Waals surface area contributed by atoms with Crippen molar-refractivity contribution in [3.05, 3.63) is 45.6 Å². The topological polar surface area (TPSA) is 94.1 Å². The molecule has 2 aromatic rings. The fraction of sp³-hybridized carbons (Fsp3) is 0.273. The van der Waals surface area contributed by atoms with Gasteiger partial charge in [-0.05, 0) is 25.5 Å². The van der Waals surface area contributed by atoms with E-state index in [1.165, 1.54) is 12.1 Å². The summed E-state index contributed by atoms with van der Waals surface area (Å²) in [5.74, 6) is 0.999. The molecule has 0 radical (unpaired) electrons. The lowest BCUT2D eigenvalue weighted by molar-refractivity contribution is -0.384. The van der Waals surface area contributed by atoms with E-state index in [-0.39, 0.29) is 5.69 Å². The minimum Gasteiger partial charge on any atom is -0.376 e. The van der Waals surface area contributed by atoms with Gasteiger partial charge in [0.15, 0.2) is 5.82 Å².